The van der Waals surface area contributed by atoms with Gasteiger partial charge in [0, 0.05) is 13.1 Å². The van der Waals surface area contributed by atoms with Gasteiger partial charge in [-0.05, 0) is 45.1 Å². The number of anilines is 2. The number of nitrogens with two attached hydrogens (primary N) is 1. The number of nitrogen functional groups attached to an aromatic ring is 1. The normalized spacial score (nSPS) is 27.4. The van der Waals surface area contributed by atoms with Gasteiger partial charge in [-0.1, -0.05) is 5.09 Å². The average molecular weight is 529 g/mol. The quantitative estimate of drug-likeness (QED) is 0.301. The first-order valence-electron chi connectivity index (χ1n) is 11.7. The molecule has 0 aromatic carbocycles. The Hall–Kier alpha value is -2.51. The number of carbonyl (C=O) groups excluding carboxylic acids is 1. The Morgan fingerprint density at radius 3 is 2.78 bits per heavy atom. The highest BCUT2D eigenvalue weighted by atomic mass is 31.1. The summed E-state index contributed by atoms with van der Waals surface area (Å²) in [6.07, 6.45) is -0.990. The van der Waals surface area contributed by atoms with Crippen LogP contribution < -0.4 is 15.7 Å². The van der Waals surface area contributed by atoms with E-state index in [0.29, 0.717) is 17.4 Å². The molecule has 198 valence electrons. The average Bonchev–Trinajstić information content (AvgIpc) is 3.53. The van der Waals surface area contributed by atoms with E-state index in [1.807, 2.05) is 11.9 Å². The first kappa shape index (κ1) is 26.6. The second-order valence-corrected chi connectivity index (χ2v) is 10.6. The lowest BCUT2D eigenvalue weighted by Crippen LogP contribution is -2.40. The summed E-state index contributed by atoms with van der Waals surface area (Å²) < 4.78 is 45.5. The van der Waals surface area contributed by atoms with Crippen LogP contribution in [0.15, 0.2) is 6.33 Å². The van der Waals surface area contributed by atoms with Crippen LogP contribution in [-0.4, -0.2) is 80.3 Å². The van der Waals surface area contributed by atoms with E-state index in [0.717, 1.165) is 12.8 Å². The lowest BCUT2D eigenvalue weighted by Gasteiger charge is -2.25. The van der Waals surface area contributed by atoms with Gasteiger partial charge in [0.25, 0.3) is 0 Å². The summed E-state index contributed by atoms with van der Waals surface area (Å²) in [7, 11) is -0.636. The number of hydrogen-bond acceptors (Lipinski definition) is 11. The Morgan fingerprint density at radius 1 is 1.44 bits per heavy atom. The minimum Gasteiger partial charge on any atom is -0.462 e. The Bertz CT molecular complexity index is 1140. The fraction of sp³-hybridized carbons (Fsp3) is 0.714. The Balaban J connectivity index is 1.47. The largest absolute Gasteiger partial charge is 0.613 e. The van der Waals surface area contributed by atoms with Gasteiger partial charge in [0.1, 0.15) is 24.9 Å². The number of nitrogens with zero attached hydrogens (tertiary/aromatic N) is 5. The first-order chi connectivity index (χ1) is 16.9. The van der Waals surface area contributed by atoms with E-state index in [1.54, 1.807) is 13.8 Å². The lowest BCUT2D eigenvalue weighted by molar-refractivity contribution is -0.149. The van der Waals surface area contributed by atoms with E-state index >= 15 is 4.39 Å². The Labute approximate surface area is 208 Å². The molecule has 36 heavy (non-hydrogen) atoms. The van der Waals surface area contributed by atoms with Gasteiger partial charge in [0.05, 0.1) is 12.4 Å². The summed E-state index contributed by atoms with van der Waals surface area (Å²) in [6, 6.07) is -0.564. The van der Waals surface area contributed by atoms with Crippen LogP contribution in [-0.2, 0) is 23.4 Å². The van der Waals surface area contributed by atoms with E-state index in [1.165, 1.54) is 24.7 Å². The number of alkyl halides is 1. The van der Waals surface area contributed by atoms with Gasteiger partial charge >= 0.3 is 14.1 Å². The summed E-state index contributed by atoms with van der Waals surface area (Å²) in [5.41, 5.74) is 4.36. The molecule has 15 heteroatoms. The molecule has 2 aromatic heterocycles. The number of nitrogens with one attached hydrogen (secondary N) is 1. The molecule has 4 rings (SSSR count). The minimum absolute atomic E-state index is 0.000996. The van der Waals surface area contributed by atoms with E-state index in [4.69, 9.17) is 19.7 Å². The molecule has 1 aliphatic heterocycles. The molecular formula is C21H32FN7O6P+. The number of halogens is 1. The number of hydrogen-bond donors (Lipinski definition) is 3. The zero-order chi connectivity index (χ0) is 26.4. The van der Waals surface area contributed by atoms with Crippen LogP contribution >= 0.6 is 8.18 Å². The molecule has 2 aromatic rings. The highest BCUT2D eigenvalue weighted by Gasteiger charge is 2.56. The van der Waals surface area contributed by atoms with E-state index in [-0.39, 0.29) is 17.7 Å². The van der Waals surface area contributed by atoms with Crippen molar-refractivity contribution in [2.75, 3.05) is 24.3 Å². The maximum Gasteiger partial charge on any atom is 0.613 e. The molecule has 3 heterocycles. The van der Waals surface area contributed by atoms with Crippen LogP contribution in [0, 0.1) is 0 Å². The van der Waals surface area contributed by atoms with Gasteiger partial charge in [0.15, 0.2) is 28.9 Å². The smallest absolute Gasteiger partial charge is 0.462 e. The number of ether oxygens (including phenoxy) is 2. The standard InChI is InChI=1S/C21H32FN7O6P/c1-10(2)34-18(31)11(3)27-36(32)33-8-13-15(30)21(4,22)19(35-13)29-9-24-14-16(28(5)12-6-7-12)25-20(23)26-17(14)29/h9-13,15,19,30H,6-8H2,1-5H3,(H,27,32)(H2,23,25,26)/q+1/t11-,13+,15+,19+,21+/m0/s1. The third-order valence-electron chi connectivity index (χ3n) is 6.18. The SMILES string of the molecule is CC(C)OC(=O)[C@H](C)N[P+](=O)OC[C@H]1O[C@@H](n2cnc3c(N(C)C4CC4)nc(N)nc32)[C@](C)(F)[C@@H]1O. The van der Waals surface area contributed by atoms with Crippen molar-refractivity contribution in [3.8, 4) is 0 Å². The number of aliphatic hydroxyl groups is 1. The predicted octanol–water partition coefficient (Wildman–Crippen LogP) is 1.60. The maximum atomic E-state index is 15.8. The molecule has 2 aliphatic rings. The molecular weight excluding hydrogens is 496 g/mol. The van der Waals surface area contributed by atoms with Crippen molar-refractivity contribution in [1.82, 2.24) is 24.6 Å². The predicted molar refractivity (Wildman–Crippen MR) is 128 cm³/mol. The fourth-order valence-corrected chi connectivity index (χ4v) is 4.82. The van der Waals surface area contributed by atoms with Crippen molar-refractivity contribution >= 4 is 37.1 Å². The lowest BCUT2D eigenvalue weighted by atomic mass is 9.98. The molecule has 0 amide bonds. The van der Waals surface area contributed by atoms with E-state index in [2.05, 4.69) is 20.0 Å². The van der Waals surface area contributed by atoms with Gasteiger partial charge < -0.3 is 25.2 Å². The number of fused-ring (bicyclic) bond motifs is 1. The van der Waals surface area contributed by atoms with Crippen molar-refractivity contribution in [2.45, 2.75) is 82.8 Å². The Morgan fingerprint density at radius 2 is 2.14 bits per heavy atom. The fourth-order valence-electron chi connectivity index (χ4n) is 4.04. The third kappa shape index (κ3) is 5.28. The van der Waals surface area contributed by atoms with Gasteiger partial charge in [-0.15, -0.1) is 4.52 Å². The molecule has 4 N–H and O–H groups in total. The number of imidazole rings is 1. The van der Waals surface area contributed by atoms with Crippen molar-refractivity contribution in [1.29, 1.82) is 0 Å². The van der Waals surface area contributed by atoms with E-state index < -0.39 is 50.9 Å². The van der Waals surface area contributed by atoms with Crippen molar-refractivity contribution < 1.29 is 32.9 Å². The van der Waals surface area contributed by atoms with Crippen LogP contribution in [0.4, 0.5) is 16.2 Å². The van der Waals surface area contributed by atoms with Crippen LogP contribution in [0.5, 0.6) is 0 Å². The van der Waals surface area contributed by atoms with Gasteiger partial charge in [0.2, 0.25) is 5.95 Å². The number of aromatic nitrogens is 4. The summed E-state index contributed by atoms with van der Waals surface area (Å²) in [5.74, 6) is -0.0599. The molecule has 1 aliphatic carbocycles. The first-order valence-corrected chi connectivity index (χ1v) is 12.9. The molecule has 0 radical (unpaired) electrons. The maximum absolute atomic E-state index is 15.8. The molecule has 1 saturated heterocycles. The van der Waals surface area contributed by atoms with Crippen LogP contribution in [0.25, 0.3) is 11.2 Å². The summed E-state index contributed by atoms with van der Waals surface area (Å²) in [4.78, 5) is 26.8. The third-order valence-corrected chi connectivity index (χ3v) is 7.16. The molecule has 0 bridgehead atoms. The highest BCUT2D eigenvalue weighted by Crippen LogP contribution is 2.43. The zero-order valence-corrected chi connectivity index (χ0v) is 21.7. The van der Waals surface area contributed by atoms with Crippen LogP contribution in [0.2, 0.25) is 0 Å². The molecule has 2 fully saturated rings. The number of rotatable bonds is 10. The molecule has 6 atom stereocenters. The van der Waals surface area contributed by atoms with Gasteiger partial charge in [-0.2, -0.15) is 9.97 Å². The van der Waals surface area contributed by atoms with Crippen LogP contribution in [0.1, 0.15) is 46.8 Å². The summed E-state index contributed by atoms with van der Waals surface area (Å²) in [5, 5.41) is 13.1. The van der Waals surface area contributed by atoms with E-state index in [9.17, 15) is 14.5 Å². The summed E-state index contributed by atoms with van der Waals surface area (Å²) in [6.45, 7) is 5.66. The second kappa shape index (κ2) is 10.1. The topological polar surface area (TPSA) is 167 Å². The van der Waals surface area contributed by atoms with Crippen LogP contribution in [0.3, 0.4) is 0 Å². The van der Waals surface area contributed by atoms with Gasteiger partial charge in [-0.3, -0.25) is 9.36 Å². The van der Waals surface area contributed by atoms with Crippen molar-refractivity contribution in [3.05, 3.63) is 6.33 Å². The number of carbonyl (C=O) groups is 1. The highest BCUT2D eigenvalue weighted by molar-refractivity contribution is 7.36. The monoisotopic (exact) mass is 528 g/mol. The molecule has 1 unspecified atom stereocenters. The van der Waals surface area contributed by atoms with Crippen molar-refractivity contribution in [3.63, 3.8) is 0 Å². The van der Waals surface area contributed by atoms with Gasteiger partial charge in [-0.25, -0.2) is 9.37 Å². The summed E-state index contributed by atoms with van der Waals surface area (Å²) >= 11 is 0. The molecule has 13 nitrogen and oxygen atoms in total. The minimum atomic E-state index is -2.52. The second-order valence-electron chi connectivity index (χ2n) is 9.58. The number of esters is 1. The Kier molecular flexibility index (Phi) is 7.45. The molecule has 0 spiro atoms. The number of aliphatic hydroxyl groups excluding tert-OH is 1. The zero-order valence-electron chi connectivity index (χ0n) is 20.8. The molecule has 1 saturated carbocycles. The van der Waals surface area contributed by atoms with Crippen molar-refractivity contribution in [2.24, 2.45) is 0 Å².